The fraction of sp³-hybridized carbons (Fsp3) is 0.667. The van der Waals surface area contributed by atoms with E-state index >= 15 is 0 Å². The molecule has 0 fully saturated rings. The lowest BCUT2D eigenvalue weighted by molar-refractivity contribution is 0.575. The minimum Gasteiger partial charge on any atom is -0.336 e. The Bertz CT molecular complexity index is 428. The second-order valence-electron chi connectivity index (χ2n) is 3.51. The van der Waals surface area contributed by atoms with Crippen LogP contribution in [0.15, 0.2) is 17.6 Å². The fourth-order valence-electron chi connectivity index (χ4n) is 1.12. The maximum atomic E-state index is 11.7. The van der Waals surface area contributed by atoms with Gasteiger partial charge in [0.15, 0.2) is 5.03 Å². The van der Waals surface area contributed by atoms with Crippen molar-refractivity contribution in [3.8, 4) is 0 Å². The van der Waals surface area contributed by atoms with E-state index in [1.807, 2.05) is 13.8 Å². The molecule has 0 amide bonds. The Balaban J connectivity index is 2.63. The Morgan fingerprint density at radius 2 is 2.31 bits per heavy atom. The van der Waals surface area contributed by atoms with E-state index in [1.165, 1.54) is 12.5 Å². The van der Waals surface area contributed by atoms with Gasteiger partial charge in [0.2, 0.25) is 0 Å². The third-order valence-electron chi connectivity index (χ3n) is 2.08. The van der Waals surface area contributed by atoms with Crippen molar-refractivity contribution in [2.75, 3.05) is 6.54 Å². The van der Waals surface area contributed by atoms with E-state index < -0.39 is 10.0 Å². The first-order valence-corrected chi connectivity index (χ1v) is 7.03. The van der Waals surface area contributed by atoms with Gasteiger partial charge in [0.1, 0.15) is 0 Å². The molecule has 0 saturated carbocycles. The molecule has 1 unspecified atom stereocenters. The molecule has 1 heterocycles. The normalized spacial score (nSPS) is 13.9. The van der Waals surface area contributed by atoms with Gasteiger partial charge in [-0.3, -0.25) is 0 Å². The van der Waals surface area contributed by atoms with E-state index in [-0.39, 0.29) is 10.4 Å². The van der Waals surface area contributed by atoms with E-state index in [9.17, 15) is 8.42 Å². The lowest BCUT2D eigenvalue weighted by Crippen LogP contribution is -2.26. The Kier molecular flexibility index (Phi) is 4.76. The van der Waals surface area contributed by atoms with Crippen molar-refractivity contribution in [1.29, 1.82) is 0 Å². The van der Waals surface area contributed by atoms with Crippen molar-refractivity contribution in [1.82, 2.24) is 14.3 Å². The lowest BCUT2D eigenvalue weighted by Gasteiger charge is -2.04. The molecule has 0 spiro atoms. The summed E-state index contributed by atoms with van der Waals surface area (Å²) in [6, 6.07) is 0. The van der Waals surface area contributed by atoms with Gasteiger partial charge in [-0.05, 0) is 20.3 Å². The number of imidazole rings is 1. The van der Waals surface area contributed by atoms with Gasteiger partial charge >= 0.3 is 0 Å². The molecule has 92 valence electrons. The third kappa shape index (κ3) is 3.77. The average Bonchev–Trinajstić information content (AvgIpc) is 2.65. The van der Waals surface area contributed by atoms with Gasteiger partial charge in [-0.15, -0.1) is 11.6 Å². The highest BCUT2D eigenvalue weighted by molar-refractivity contribution is 7.89. The number of aryl methyl sites for hydroxylation is 1. The molecule has 1 rings (SSSR count). The zero-order valence-corrected chi connectivity index (χ0v) is 10.9. The van der Waals surface area contributed by atoms with E-state index in [1.54, 1.807) is 4.57 Å². The highest BCUT2D eigenvalue weighted by Crippen LogP contribution is 2.06. The molecule has 0 bridgehead atoms. The number of hydrogen-bond donors (Lipinski definition) is 1. The molecule has 0 aliphatic carbocycles. The predicted octanol–water partition coefficient (Wildman–Crippen LogP) is 1.20. The van der Waals surface area contributed by atoms with Gasteiger partial charge in [-0.2, -0.15) is 0 Å². The molecule has 0 saturated heterocycles. The number of aromatic nitrogens is 2. The van der Waals surface area contributed by atoms with E-state index in [2.05, 4.69) is 9.71 Å². The standard InChI is InChI=1S/C9H16ClN3O2S/c1-3-13-6-9(11-7-13)16(14,15)12-5-4-8(2)10/h6-8,12H,3-5H2,1-2H3. The maximum Gasteiger partial charge on any atom is 0.259 e. The van der Waals surface area contributed by atoms with Gasteiger partial charge in [0.25, 0.3) is 10.0 Å². The third-order valence-corrected chi connectivity index (χ3v) is 3.65. The second-order valence-corrected chi connectivity index (χ2v) is 5.97. The van der Waals surface area contributed by atoms with Crippen LogP contribution < -0.4 is 4.72 Å². The van der Waals surface area contributed by atoms with Crippen LogP contribution in [0.25, 0.3) is 0 Å². The van der Waals surface area contributed by atoms with Gasteiger partial charge < -0.3 is 4.57 Å². The van der Waals surface area contributed by atoms with Crippen LogP contribution >= 0.6 is 11.6 Å². The zero-order chi connectivity index (χ0) is 12.2. The first-order valence-electron chi connectivity index (χ1n) is 5.11. The Hall–Kier alpha value is -0.590. The monoisotopic (exact) mass is 265 g/mol. The van der Waals surface area contributed by atoms with Gasteiger partial charge in [0, 0.05) is 24.7 Å². The molecule has 0 aliphatic rings. The highest BCUT2D eigenvalue weighted by atomic mass is 35.5. The summed E-state index contributed by atoms with van der Waals surface area (Å²) >= 11 is 5.72. The number of nitrogens with one attached hydrogen (secondary N) is 1. The molecule has 0 aliphatic heterocycles. The Morgan fingerprint density at radius 3 is 2.81 bits per heavy atom. The minimum absolute atomic E-state index is 0.0455. The summed E-state index contributed by atoms with van der Waals surface area (Å²) in [7, 11) is -3.49. The summed E-state index contributed by atoms with van der Waals surface area (Å²) < 4.78 is 27.6. The van der Waals surface area contributed by atoms with Crippen LogP contribution in [0.4, 0.5) is 0 Å². The summed E-state index contributed by atoms with van der Waals surface area (Å²) in [5.74, 6) is 0. The Labute approximate surface area is 101 Å². The van der Waals surface area contributed by atoms with Crippen LogP contribution in [0.3, 0.4) is 0 Å². The average molecular weight is 266 g/mol. The molecule has 7 heteroatoms. The molecular weight excluding hydrogens is 250 g/mol. The molecule has 1 N–H and O–H groups in total. The van der Waals surface area contributed by atoms with Crippen molar-refractivity contribution < 1.29 is 8.42 Å². The maximum absolute atomic E-state index is 11.7. The molecule has 1 aromatic heterocycles. The smallest absolute Gasteiger partial charge is 0.259 e. The zero-order valence-electron chi connectivity index (χ0n) is 9.35. The summed E-state index contributed by atoms with van der Waals surface area (Å²) in [5, 5.41) is 0.00692. The largest absolute Gasteiger partial charge is 0.336 e. The summed E-state index contributed by atoms with van der Waals surface area (Å²) in [5.41, 5.74) is 0. The van der Waals surface area contributed by atoms with Crippen molar-refractivity contribution in [2.45, 2.75) is 37.2 Å². The number of nitrogens with zero attached hydrogens (tertiary/aromatic N) is 2. The number of sulfonamides is 1. The fourth-order valence-corrected chi connectivity index (χ4v) is 2.22. The van der Waals surface area contributed by atoms with Gasteiger partial charge in [-0.25, -0.2) is 18.1 Å². The summed E-state index contributed by atoms with van der Waals surface area (Å²) in [6.07, 6.45) is 3.60. The highest BCUT2D eigenvalue weighted by Gasteiger charge is 2.16. The molecule has 1 atom stereocenters. The topological polar surface area (TPSA) is 64.0 Å². The van der Waals surface area contributed by atoms with Crippen LogP contribution in [0, 0.1) is 0 Å². The first kappa shape index (κ1) is 13.5. The SMILES string of the molecule is CCn1cnc(S(=O)(=O)NCCC(C)Cl)c1. The number of hydrogen-bond acceptors (Lipinski definition) is 3. The summed E-state index contributed by atoms with van der Waals surface area (Å²) in [4.78, 5) is 3.84. The Morgan fingerprint density at radius 1 is 1.62 bits per heavy atom. The van der Waals surface area contributed by atoms with Crippen LogP contribution in [-0.4, -0.2) is 29.9 Å². The van der Waals surface area contributed by atoms with Crippen LogP contribution in [0.2, 0.25) is 0 Å². The van der Waals surface area contributed by atoms with E-state index in [4.69, 9.17) is 11.6 Å². The van der Waals surface area contributed by atoms with Gasteiger partial charge in [0.05, 0.1) is 6.33 Å². The van der Waals surface area contributed by atoms with Gasteiger partial charge in [-0.1, -0.05) is 0 Å². The first-order chi connectivity index (χ1) is 7.45. The van der Waals surface area contributed by atoms with E-state index in [0.717, 1.165) is 0 Å². The van der Waals surface area contributed by atoms with Crippen molar-refractivity contribution >= 4 is 21.6 Å². The van der Waals surface area contributed by atoms with Crippen molar-refractivity contribution in [3.05, 3.63) is 12.5 Å². The molecule has 5 nitrogen and oxygen atoms in total. The van der Waals surface area contributed by atoms with E-state index in [0.29, 0.717) is 19.5 Å². The van der Waals surface area contributed by atoms with Crippen LogP contribution in [0.5, 0.6) is 0 Å². The minimum atomic E-state index is -3.49. The quantitative estimate of drug-likeness (QED) is 0.786. The molecular formula is C9H16ClN3O2S. The molecule has 1 aromatic rings. The summed E-state index contributed by atoms with van der Waals surface area (Å²) in [6.45, 7) is 4.76. The molecule has 0 radical (unpaired) electrons. The van der Waals surface area contributed by atoms with Crippen LogP contribution in [0.1, 0.15) is 20.3 Å². The van der Waals surface area contributed by atoms with Crippen molar-refractivity contribution in [2.24, 2.45) is 0 Å². The van der Waals surface area contributed by atoms with Crippen molar-refractivity contribution in [3.63, 3.8) is 0 Å². The predicted molar refractivity (Wildman–Crippen MR) is 63.0 cm³/mol. The lowest BCUT2D eigenvalue weighted by atomic mass is 10.3. The second kappa shape index (κ2) is 5.65. The molecule has 16 heavy (non-hydrogen) atoms. The number of rotatable bonds is 6. The van der Waals surface area contributed by atoms with Crippen LogP contribution in [-0.2, 0) is 16.6 Å². The number of alkyl halides is 1. The number of halogens is 1. The molecule has 0 aromatic carbocycles.